The van der Waals surface area contributed by atoms with Crippen LogP contribution in [0.2, 0.25) is 0 Å². The van der Waals surface area contributed by atoms with Crippen LogP contribution in [0.25, 0.3) is 10.6 Å². The van der Waals surface area contributed by atoms with Gasteiger partial charge >= 0.3 is 0 Å². The van der Waals surface area contributed by atoms with Crippen LogP contribution < -0.4 is 10.6 Å². The predicted molar refractivity (Wildman–Crippen MR) is 99.7 cm³/mol. The second kappa shape index (κ2) is 8.78. The van der Waals surface area contributed by atoms with Crippen molar-refractivity contribution in [2.75, 3.05) is 19.6 Å². The molecule has 126 valence electrons. The molecule has 0 aliphatic carbocycles. The van der Waals surface area contributed by atoms with Crippen molar-refractivity contribution in [3.63, 3.8) is 0 Å². The third-order valence-corrected chi connectivity index (χ3v) is 5.85. The van der Waals surface area contributed by atoms with Crippen molar-refractivity contribution in [1.29, 1.82) is 0 Å². The standard InChI is InChI=1S/C16H21N3OS2.ClH/c1-11-19-14(10-21-11)15-3-2-13(22-15)6-9-18-16(20)12-4-7-17-8-5-12;/h2-3,10,12,17H,4-9H2,1H3,(H,18,20);1H. The average Bonchev–Trinajstić information content (AvgIpc) is 3.17. The Balaban J connectivity index is 0.00000192. The number of hydrogen-bond acceptors (Lipinski definition) is 5. The molecule has 1 aliphatic heterocycles. The SMILES string of the molecule is Cc1nc(-c2ccc(CCNC(=O)C3CCNCC3)s2)cs1.Cl. The van der Waals surface area contributed by atoms with Gasteiger partial charge in [-0.1, -0.05) is 0 Å². The molecule has 23 heavy (non-hydrogen) atoms. The third kappa shape index (κ3) is 5.01. The molecule has 0 saturated carbocycles. The number of hydrogen-bond donors (Lipinski definition) is 2. The fourth-order valence-corrected chi connectivity index (χ4v) is 4.32. The zero-order valence-electron chi connectivity index (χ0n) is 13.1. The van der Waals surface area contributed by atoms with Gasteiger partial charge in [-0.05, 0) is 51.4 Å². The quantitative estimate of drug-likeness (QED) is 0.848. The Hall–Kier alpha value is -0.950. The number of thiazole rings is 1. The predicted octanol–water partition coefficient (Wildman–Crippen LogP) is 3.26. The number of piperidine rings is 1. The molecular formula is C16H22ClN3OS2. The number of thiophene rings is 1. The Bertz CT molecular complexity index is 635. The number of carbonyl (C=O) groups is 1. The van der Waals surface area contributed by atoms with Gasteiger partial charge in [0.05, 0.1) is 15.6 Å². The van der Waals surface area contributed by atoms with Gasteiger partial charge in [-0.15, -0.1) is 35.1 Å². The Morgan fingerprint density at radius 3 is 2.87 bits per heavy atom. The van der Waals surface area contributed by atoms with Gasteiger partial charge in [-0.2, -0.15) is 0 Å². The summed E-state index contributed by atoms with van der Waals surface area (Å²) in [5.74, 6) is 0.409. The van der Waals surface area contributed by atoms with Crippen molar-refractivity contribution in [3.8, 4) is 10.6 Å². The molecular weight excluding hydrogens is 350 g/mol. The van der Waals surface area contributed by atoms with Crippen LogP contribution in [-0.4, -0.2) is 30.5 Å². The maximum atomic E-state index is 12.1. The summed E-state index contributed by atoms with van der Waals surface area (Å²) in [7, 11) is 0. The summed E-state index contributed by atoms with van der Waals surface area (Å²) in [6.45, 7) is 4.66. The second-order valence-electron chi connectivity index (χ2n) is 5.58. The lowest BCUT2D eigenvalue weighted by Crippen LogP contribution is -2.38. The van der Waals surface area contributed by atoms with Gasteiger partial charge in [-0.25, -0.2) is 4.98 Å². The summed E-state index contributed by atoms with van der Waals surface area (Å²) >= 11 is 3.45. The molecule has 3 rings (SSSR count). The zero-order chi connectivity index (χ0) is 15.4. The Labute approximate surface area is 151 Å². The van der Waals surface area contributed by atoms with Crippen LogP contribution in [0, 0.1) is 12.8 Å². The van der Waals surface area contributed by atoms with Gasteiger partial charge < -0.3 is 10.6 Å². The molecule has 1 saturated heterocycles. The molecule has 1 fully saturated rings. The minimum Gasteiger partial charge on any atom is -0.355 e. The molecule has 4 nitrogen and oxygen atoms in total. The summed E-state index contributed by atoms with van der Waals surface area (Å²) in [4.78, 5) is 19.1. The van der Waals surface area contributed by atoms with Gasteiger partial charge in [0, 0.05) is 22.7 Å². The summed E-state index contributed by atoms with van der Waals surface area (Å²) in [6, 6.07) is 4.27. The number of carbonyl (C=O) groups excluding carboxylic acids is 1. The van der Waals surface area contributed by atoms with Crippen LogP contribution >= 0.6 is 35.1 Å². The molecule has 3 heterocycles. The highest BCUT2D eigenvalue weighted by molar-refractivity contribution is 7.16. The van der Waals surface area contributed by atoms with E-state index >= 15 is 0 Å². The molecule has 2 aromatic rings. The number of halogens is 1. The first-order valence-electron chi connectivity index (χ1n) is 7.72. The summed E-state index contributed by atoms with van der Waals surface area (Å²) < 4.78 is 0. The molecule has 0 radical (unpaired) electrons. The van der Waals surface area contributed by atoms with Crippen LogP contribution in [0.3, 0.4) is 0 Å². The lowest BCUT2D eigenvalue weighted by Gasteiger charge is -2.21. The highest BCUT2D eigenvalue weighted by atomic mass is 35.5. The minimum atomic E-state index is 0. The van der Waals surface area contributed by atoms with Crippen LogP contribution in [0.5, 0.6) is 0 Å². The van der Waals surface area contributed by atoms with Crippen LogP contribution in [-0.2, 0) is 11.2 Å². The summed E-state index contributed by atoms with van der Waals surface area (Å²) in [6.07, 6.45) is 2.81. The fraction of sp³-hybridized carbons (Fsp3) is 0.500. The lowest BCUT2D eigenvalue weighted by molar-refractivity contribution is -0.125. The van der Waals surface area contributed by atoms with E-state index in [1.165, 1.54) is 9.75 Å². The van der Waals surface area contributed by atoms with Gasteiger partial charge in [0.15, 0.2) is 0 Å². The molecule has 0 atom stereocenters. The molecule has 0 spiro atoms. The van der Waals surface area contributed by atoms with E-state index in [0.717, 1.165) is 49.6 Å². The van der Waals surface area contributed by atoms with Crippen LogP contribution in [0.1, 0.15) is 22.7 Å². The van der Waals surface area contributed by atoms with Crippen molar-refractivity contribution in [2.24, 2.45) is 5.92 Å². The molecule has 0 unspecified atom stereocenters. The fourth-order valence-electron chi connectivity index (χ4n) is 2.66. The van der Waals surface area contributed by atoms with Crippen LogP contribution in [0.15, 0.2) is 17.5 Å². The molecule has 1 aliphatic rings. The first-order chi connectivity index (χ1) is 10.7. The van der Waals surface area contributed by atoms with Crippen molar-refractivity contribution in [2.45, 2.75) is 26.2 Å². The van der Waals surface area contributed by atoms with E-state index in [2.05, 4.69) is 33.1 Å². The van der Waals surface area contributed by atoms with Gasteiger partial charge in [0.1, 0.15) is 0 Å². The summed E-state index contributed by atoms with van der Waals surface area (Å²) in [5.41, 5.74) is 1.07. The van der Waals surface area contributed by atoms with E-state index < -0.39 is 0 Å². The highest BCUT2D eigenvalue weighted by Gasteiger charge is 2.20. The summed E-state index contributed by atoms with van der Waals surface area (Å²) in [5, 5.41) is 9.57. The van der Waals surface area contributed by atoms with Crippen molar-refractivity contribution >= 4 is 41.0 Å². The number of nitrogens with zero attached hydrogens (tertiary/aromatic N) is 1. The number of rotatable bonds is 5. The average molecular weight is 372 g/mol. The normalized spacial score (nSPS) is 15.2. The van der Waals surface area contributed by atoms with E-state index in [-0.39, 0.29) is 24.2 Å². The Kier molecular flexibility index (Phi) is 7.02. The van der Waals surface area contributed by atoms with E-state index in [9.17, 15) is 4.79 Å². The molecule has 1 amide bonds. The third-order valence-electron chi connectivity index (χ3n) is 3.91. The first-order valence-corrected chi connectivity index (χ1v) is 9.41. The van der Waals surface area contributed by atoms with E-state index in [0.29, 0.717) is 0 Å². The van der Waals surface area contributed by atoms with E-state index in [1.807, 2.05) is 6.92 Å². The van der Waals surface area contributed by atoms with Crippen LogP contribution in [0.4, 0.5) is 0 Å². The largest absolute Gasteiger partial charge is 0.355 e. The van der Waals surface area contributed by atoms with Gasteiger partial charge in [0.2, 0.25) is 5.91 Å². The minimum absolute atomic E-state index is 0. The maximum Gasteiger partial charge on any atom is 0.223 e. The van der Waals surface area contributed by atoms with Crippen molar-refractivity contribution < 1.29 is 4.79 Å². The molecule has 2 aromatic heterocycles. The number of amides is 1. The monoisotopic (exact) mass is 371 g/mol. The smallest absolute Gasteiger partial charge is 0.223 e. The molecule has 2 N–H and O–H groups in total. The molecule has 7 heteroatoms. The van der Waals surface area contributed by atoms with E-state index in [1.54, 1.807) is 22.7 Å². The topological polar surface area (TPSA) is 54.0 Å². The maximum absolute atomic E-state index is 12.1. The first kappa shape index (κ1) is 18.4. The van der Waals surface area contributed by atoms with Crippen molar-refractivity contribution in [1.82, 2.24) is 15.6 Å². The van der Waals surface area contributed by atoms with E-state index in [4.69, 9.17) is 0 Å². The number of aromatic nitrogens is 1. The van der Waals surface area contributed by atoms with Gasteiger partial charge in [-0.3, -0.25) is 4.79 Å². The Morgan fingerprint density at radius 2 is 2.17 bits per heavy atom. The number of nitrogens with one attached hydrogen (secondary N) is 2. The highest BCUT2D eigenvalue weighted by Crippen LogP contribution is 2.29. The van der Waals surface area contributed by atoms with Gasteiger partial charge in [0.25, 0.3) is 0 Å². The molecule has 0 aromatic carbocycles. The number of aryl methyl sites for hydroxylation is 1. The second-order valence-corrected chi connectivity index (χ2v) is 7.81. The molecule has 0 bridgehead atoms. The zero-order valence-corrected chi connectivity index (χ0v) is 15.6. The van der Waals surface area contributed by atoms with Crippen molar-refractivity contribution in [3.05, 3.63) is 27.4 Å². The Morgan fingerprint density at radius 1 is 1.39 bits per heavy atom. The lowest BCUT2D eigenvalue weighted by atomic mass is 9.97.